The third-order valence-corrected chi connectivity index (χ3v) is 4.25. The molecule has 0 aliphatic carbocycles. The van der Waals surface area contributed by atoms with Gasteiger partial charge >= 0.3 is 0 Å². The van der Waals surface area contributed by atoms with Crippen molar-refractivity contribution in [2.45, 2.75) is 13.0 Å². The van der Waals surface area contributed by atoms with Gasteiger partial charge in [0.2, 0.25) is 0 Å². The summed E-state index contributed by atoms with van der Waals surface area (Å²) in [5, 5.41) is 3.22. The van der Waals surface area contributed by atoms with Crippen LogP contribution in [0.5, 0.6) is 0 Å². The normalized spacial score (nSPS) is 10.4. The summed E-state index contributed by atoms with van der Waals surface area (Å²) in [5.74, 6) is 0.359. The first-order valence-electron chi connectivity index (χ1n) is 8.85. The lowest BCUT2D eigenvalue weighted by Gasteiger charge is -2.17. The van der Waals surface area contributed by atoms with Gasteiger partial charge in [0, 0.05) is 31.9 Å². The summed E-state index contributed by atoms with van der Waals surface area (Å²) in [6, 6.07) is 19.8. The predicted octanol–water partition coefficient (Wildman–Crippen LogP) is 4.15. The van der Waals surface area contributed by atoms with Gasteiger partial charge in [-0.1, -0.05) is 42.5 Å². The Morgan fingerprint density at radius 2 is 1.78 bits per heavy atom. The van der Waals surface area contributed by atoms with Crippen LogP contribution >= 0.6 is 0 Å². The fourth-order valence-corrected chi connectivity index (χ4v) is 2.80. The molecule has 0 radical (unpaired) electrons. The average molecular weight is 363 g/mol. The van der Waals surface area contributed by atoms with Crippen LogP contribution in [-0.4, -0.2) is 29.4 Å². The van der Waals surface area contributed by atoms with E-state index < -0.39 is 0 Å². The first-order chi connectivity index (χ1) is 13.1. The Kier molecular flexibility index (Phi) is 6.15. The number of rotatable bonds is 7. The molecule has 0 bridgehead atoms. The highest BCUT2D eigenvalue weighted by Gasteiger charge is 2.12. The van der Waals surface area contributed by atoms with E-state index in [1.165, 1.54) is 12.1 Å². The number of carbonyl (C=O) groups excluding carboxylic acids is 1. The Bertz CT molecular complexity index is 882. The second-order valence-corrected chi connectivity index (χ2v) is 6.38. The lowest BCUT2D eigenvalue weighted by atomic mass is 10.1. The van der Waals surface area contributed by atoms with E-state index >= 15 is 0 Å². The van der Waals surface area contributed by atoms with Crippen LogP contribution in [0, 0.1) is 5.82 Å². The smallest absolute Gasteiger partial charge is 0.254 e. The lowest BCUT2D eigenvalue weighted by Crippen LogP contribution is -2.26. The van der Waals surface area contributed by atoms with Crippen LogP contribution in [0.1, 0.15) is 21.5 Å². The molecule has 0 fully saturated rings. The van der Waals surface area contributed by atoms with Gasteiger partial charge in [-0.2, -0.15) is 0 Å². The minimum absolute atomic E-state index is 0.0529. The molecule has 0 unspecified atom stereocenters. The van der Waals surface area contributed by atoms with E-state index in [0.29, 0.717) is 24.5 Å². The number of benzene rings is 2. The first kappa shape index (κ1) is 18.6. The fourth-order valence-electron chi connectivity index (χ4n) is 2.80. The van der Waals surface area contributed by atoms with Gasteiger partial charge in [-0.3, -0.25) is 4.79 Å². The molecule has 0 saturated heterocycles. The summed E-state index contributed by atoms with van der Waals surface area (Å²) in [7, 11) is 1.79. The van der Waals surface area contributed by atoms with Crippen molar-refractivity contribution in [3.8, 4) is 0 Å². The van der Waals surface area contributed by atoms with Crippen molar-refractivity contribution < 1.29 is 9.18 Å². The number of hydrogen-bond acceptors (Lipinski definition) is 3. The van der Waals surface area contributed by atoms with Gasteiger partial charge in [-0.25, -0.2) is 9.37 Å². The summed E-state index contributed by atoms with van der Waals surface area (Å²) < 4.78 is 12.9. The number of halogens is 1. The van der Waals surface area contributed by atoms with Crippen LogP contribution in [0.2, 0.25) is 0 Å². The van der Waals surface area contributed by atoms with Crippen LogP contribution in [0.4, 0.5) is 10.2 Å². The molecule has 1 heterocycles. The molecule has 1 N–H and O–H groups in total. The Hall–Kier alpha value is -3.21. The molecule has 3 rings (SSSR count). The van der Waals surface area contributed by atoms with Crippen molar-refractivity contribution in [3.05, 3.63) is 95.4 Å². The Labute approximate surface area is 158 Å². The second-order valence-electron chi connectivity index (χ2n) is 6.38. The van der Waals surface area contributed by atoms with Gasteiger partial charge < -0.3 is 10.2 Å². The van der Waals surface area contributed by atoms with Gasteiger partial charge in [0.05, 0.1) is 0 Å². The van der Waals surface area contributed by atoms with Gasteiger partial charge in [0.15, 0.2) is 0 Å². The number of amides is 1. The standard InChI is InChI=1S/C22H22FN3O/c1-26(16-18-5-3-2-4-6-18)22(27)19-12-14-25-21(15-19)24-13-11-17-7-9-20(23)10-8-17/h2-10,12,14-15H,11,13,16H2,1H3,(H,24,25). The molecule has 0 spiro atoms. The van der Waals surface area contributed by atoms with Crippen molar-refractivity contribution in [1.29, 1.82) is 0 Å². The van der Waals surface area contributed by atoms with Crippen LogP contribution in [0.3, 0.4) is 0 Å². The summed E-state index contributed by atoms with van der Waals surface area (Å²) in [5.41, 5.74) is 2.71. The summed E-state index contributed by atoms with van der Waals surface area (Å²) in [4.78, 5) is 18.6. The topological polar surface area (TPSA) is 45.2 Å². The minimum atomic E-state index is -0.237. The molecular weight excluding hydrogens is 341 g/mol. The summed E-state index contributed by atoms with van der Waals surface area (Å²) in [6.45, 7) is 1.20. The molecule has 2 aromatic carbocycles. The van der Waals surface area contributed by atoms with E-state index in [4.69, 9.17) is 0 Å². The largest absolute Gasteiger partial charge is 0.370 e. The number of hydrogen-bond donors (Lipinski definition) is 1. The Morgan fingerprint density at radius 3 is 2.52 bits per heavy atom. The Balaban J connectivity index is 1.57. The highest BCUT2D eigenvalue weighted by Crippen LogP contribution is 2.12. The van der Waals surface area contributed by atoms with Crippen molar-refractivity contribution in [3.63, 3.8) is 0 Å². The number of carbonyl (C=O) groups is 1. The quantitative estimate of drug-likeness (QED) is 0.686. The molecule has 1 amide bonds. The van der Waals surface area contributed by atoms with Gasteiger partial charge in [0.1, 0.15) is 11.6 Å². The van der Waals surface area contributed by atoms with E-state index in [0.717, 1.165) is 17.5 Å². The number of nitrogens with one attached hydrogen (secondary N) is 1. The Morgan fingerprint density at radius 1 is 1.04 bits per heavy atom. The third-order valence-electron chi connectivity index (χ3n) is 4.25. The van der Waals surface area contributed by atoms with Crippen LogP contribution in [0.15, 0.2) is 72.9 Å². The zero-order chi connectivity index (χ0) is 19.1. The molecule has 0 aliphatic rings. The van der Waals surface area contributed by atoms with E-state index in [2.05, 4.69) is 10.3 Å². The molecule has 0 saturated carbocycles. The maximum absolute atomic E-state index is 12.9. The molecule has 27 heavy (non-hydrogen) atoms. The zero-order valence-electron chi connectivity index (χ0n) is 15.2. The number of aromatic nitrogens is 1. The van der Waals surface area contributed by atoms with Gasteiger partial charge in [-0.05, 0) is 41.8 Å². The van der Waals surface area contributed by atoms with Crippen molar-refractivity contribution in [2.75, 3.05) is 18.9 Å². The van der Waals surface area contributed by atoms with E-state index in [-0.39, 0.29) is 11.7 Å². The van der Waals surface area contributed by atoms with Crippen LogP contribution in [0.25, 0.3) is 0 Å². The van der Waals surface area contributed by atoms with Gasteiger partial charge in [-0.15, -0.1) is 0 Å². The molecule has 0 atom stereocenters. The molecule has 3 aromatic rings. The monoisotopic (exact) mass is 363 g/mol. The molecule has 0 aliphatic heterocycles. The van der Waals surface area contributed by atoms with E-state index in [1.54, 1.807) is 42.4 Å². The first-order valence-corrected chi connectivity index (χ1v) is 8.85. The summed E-state index contributed by atoms with van der Waals surface area (Å²) >= 11 is 0. The van der Waals surface area contributed by atoms with Crippen LogP contribution in [-0.2, 0) is 13.0 Å². The number of nitrogens with zero attached hydrogens (tertiary/aromatic N) is 2. The average Bonchev–Trinajstić information content (AvgIpc) is 2.70. The van der Waals surface area contributed by atoms with E-state index in [1.807, 2.05) is 30.3 Å². The lowest BCUT2D eigenvalue weighted by molar-refractivity contribution is 0.0785. The number of anilines is 1. The molecule has 138 valence electrons. The number of pyridine rings is 1. The van der Waals surface area contributed by atoms with Crippen molar-refractivity contribution in [2.24, 2.45) is 0 Å². The second kappa shape index (κ2) is 8.94. The molecule has 4 nitrogen and oxygen atoms in total. The molecule has 5 heteroatoms. The maximum Gasteiger partial charge on any atom is 0.254 e. The highest BCUT2D eigenvalue weighted by molar-refractivity contribution is 5.94. The molecule has 1 aromatic heterocycles. The fraction of sp³-hybridized carbons (Fsp3) is 0.182. The van der Waals surface area contributed by atoms with Crippen LogP contribution < -0.4 is 5.32 Å². The van der Waals surface area contributed by atoms with Crippen molar-refractivity contribution >= 4 is 11.7 Å². The third kappa shape index (κ3) is 5.38. The maximum atomic E-state index is 12.9. The zero-order valence-corrected chi connectivity index (χ0v) is 15.2. The molecular formula is C22H22FN3O. The summed E-state index contributed by atoms with van der Waals surface area (Å²) in [6.07, 6.45) is 2.37. The van der Waals surface area contributed by atoms with Gasteiger partial charge in [0.25, 0.3) is 5.91 Å². The SMILES string of the molecule is CN(Cc1ccccc1)C(=O)c1ccnc(NCCc2ccc(F)cc2)c1. The predicted molar refractivity (Wildman–Crippen MR) is 105 cm³/mol. The minimum Gasteiger partial charge on any atom is -0.370 e. The van der Waals surface area contributed by atoms with Crippen molar-refractivity contribution in [1.82, 2.24) is 9.88 Å². The van der Waals surface area contributed by atoms with E-state index in [9.17, 15) is 9.18 Å². The highest BCUT2D eigenvalue weighted by atomic mass is 19.1.